The summed E-state index contributed by atoms with van der Waals surface area (Å²) >= 11 is 0. The van der Waals surface area contributed by atoms with Gasteiger partial charge in [-0.25, -0.2) is 0 Å². The van der Waals surface area contributed by atoms with Crippen LogP contribution in [0.1, 0.15) is 15.9 Å². The highest BCUT2D eigenvalue weighted by molar-refractivity contribution is 6.14. The zero-order valence-corrected chi connectivity index (χ0v) is 7.77. The van der Waals surface area contributed by atoms with Crippen molar-refractivity contribution in [2.45, 2.75) is 0 Å². The number of pyridine rings is 1. The number of hydrogen-bond acceptors (Lipinski definition) is 5. The number of carbonyl (C=O) groups excluding carboxylic acids is 1. The first-order chi connectivity index (χ1) is 7.20. The normalized spacial score (nSPS) is 10.1. The Labute approximate surface area is 85.3 Å². The van der Waals surface area contributed by atoms with Crippen molar-refractivity contribution >= 4 is 17.3 Å². The molecule has 6 heteroatoms. The number of hydrogen-bond donors (Lipinski definition) is 3. The third-order valence-corrected chi connectivity index (χ3v) is 2.01. The lowest BCUT2D eigenvalue weighted by Gasteiger charge is -2.01. The fraction of sp³-hybridized carbons (Fsp3) is 0. The predicted octanol–water partition coefficient (Wildman–Crippen LogP) is 0.200. The molecule has 5 N–H and O–H groups in total. The molecule has 0 unspecified atom stereocenters. The Kier molecular flexibility index (Phi) is 2.09. The minimum Gasteiger partial charge on any atom is -0.398 e. The largest absolute Gasteiger partial charge is 0.398 e. The number of H-pyrrole nitrogens is 1. The number of nitrogen functional groups attached to an aromatic ring is 2. The first kappa shape index (κ1) is 9.20. The molecule has 0 saturated carbocycles. The van der Waals surface area contributed by atoms with Gasteiger partial charge in [0.2, 0.25) is 5.78 Å². The SMILES string of the molecule is Nc1ccncc1C(=O)c1cn[nH]c1N. The highest BCUT2D eigenvalue weighted by atomic mass is 16.1. The molecule has 2 rings (SSSR count). The summed E-state index contributed by atoms with van der Waals surface area (Å²) in [5.41, 5.74) is 12.2. The number of nitrogens with zero attached hydrogens (tertiary/aromatic N) is 2. The van der Waals surface area contributed by atoms with E-state index in [-0.39, 0.29) is 11.6 Å². The van der Waals surface area contributed by atoms with E-state index in [4.69, 9.17) is 11.5 Å². The number of anilines is 2. The summed E-state index contributed by atoms with van der Waals surface area (Å²) < 4.78 is 0. The van der Waals surface area contributed by atoms with E-state index in [2.05, 4.69) is 15.2 Å². The molecule has 0 radical (unpaired) electrons. The van der Waals surface area contributed by atoms with Crippen molar-refractivity contribution in [1.82, 2.24) is 15.2 Å². The quantitative estimate of drug-likeness (QED) is 0.604. The Hall–Kier alpha value is -2.37. The number of aromatic nitrogens is 3. The maximum absolute atomic E-state index is 11.9. The second kappa shape index (κ2) is 3.41. The van der Waals surface area contributed by atoms with Crippen molar-refractivity contribution < 1.29 is 4.79 Å². The van der Waals surface area contributed by atoms with Crippen LogP contribution >= 0.6 is 0 Å². The van der Waals surface area contributed by atoms with Crippen LogP contribution < -0.4 is 11.5 Å². The van der Waals surface area contributed by atoms with Crippen LogP contribution in [-0.2, 0) is 0 Å². The van der Waals surface area contributed by atoms with E-state index in [1.807, 2.05) is 0 Å². The fourth-order valence-corrected chi connectivity index (χ4v) is 1.22. The number of rotatable bonds is 2. The number of carbonyl (C=O) groups is 1. The summed E-state index contributed by atoms with van der Waals surface area (Å²) in [4.78, 5) is 15.7. The Bertz CT molecular complexity index is 505. The minimum absolute atomic E-state index is 0.225. The minimum atomic E-state index is -0.285. The van der Waals surface area contributed by atoms with Gasteiger partial charge < -0.3 is 11.5 Å². The van der Waals surface area contributed by atoms with E-state index >= 15 is 0 Å². The molecule has 0 amide bonds. The highest BCUT2D eigenvalue weighted by Crippen LogP contribution is 2.17. The Balaban J connectivity index is 2.46. The van der Waals surface area contributed by atoms with Crippen LogP contribution in [-0.4, -0.2) is 21.0 Å². The van der Waals surface area contributed by atoms with Gasteiger partial charge in [0, 0.05) is 18.1 Å². The first-order valence-corrected chi connectivity index (χ1v) is 4.23. The van der Waals surface area contributed by atoms with Crippen molar-refractivity contribution in [3.8, 4) is 0 Å². The lowest BCUT2D eigenvalue weighted by atomic mass is 10.1. The molecule has 0 aliphatic carbocycles. The molecule has 0 bridgehead atoms. The molecule has 0 fully saturated rings. The van der Waals surface area contributed by atoms with Gasteiger partial charge >= 0.3 is 0 Å². The number of nitrogens with one attached hydrogen (secondary N) is 1. The second-order valence-corrected chi connectivity index (χ2v) is 2.99. The molecular formula is C9H9N5O. The van der Waals surface area contributed by atoms with Gasteiger partial charge in [0.15, 0.2) is 0 Å². The van der Waals surface area contributed by atoms with Gasteiger partial charge in [0.05, 0.1) is 17.3 Å². The smallest absolute Gasteiger partial charge is 0.201 e. The van der Waals surface area contributed by atoms with Crippen LogP contribution in [0.15, 0.2) is 24.7 Å². The van der Waals surface area contributed by atoms with Gasteiger partial charge in [-0.05, 0) is 6.07 Å². The van der Waals surface area contributed by atoms with E-state index < -0.39 is 0 Å². The summed E-state index contributed by atoms with van der Waals surface area (Å²) in [5.74, 6) is -0.0601. The zero-order valence-electron chi connectivity index (χ0n) is 7.77. The van der Waals surface area contributed by atoms with Gasteiger partial charge in [-0.15, -0.1) is 0 Å². The van der Waals surface area contributed by atoms with Crippen molar-refractivity contribution in [2.24, 2.45) is 0 Å². The van der Waals surface area contributed by atoms with Gasteiger partial charge in [0.25, 0.3) is 0 Å². The van der Waals surface area contributed by atoms with E-state index in [1.165, 1.54) is 18.6 Å². The highest BCUT2D eigenvalue weighted by Gasteiger charge is 2.16. The molecule has 76 valence electrons. The predicted molar refractivity (Wildman–Crippen MR) is 55.1 cm³/mol. The molecule has 2 aromatic rings. The lowest BCUT2D eigenvalue weighted by molar-refractivity contribution is 0.104. The molecule has 0 aliphatic rings. The Morgan fingerprint density at radius 2 is 2.07 bits per heavy atom. The van der Waals surface area contributed by atoms with Crippen LogP contribution in [0.25, 0.3) is 0 Å². The van der Waals surface area contributed by atoms with E-state index in [1.54, 1.807) is 6.07 Å². The van der Waals surface area contributed by atoms with Gasteiger partial charge in [0.1, 0.15) is 5.82 Å². The topological polar surface area (TPSA) is 111 Å². The van der Waals surface area contributed by atoms with Crippen LogP contribution in [0, 0.1) is 0 Å². The lowest BCUT2D eigenvalue weighted by Crippen LogP contribution is -2.07. The molecule has 6 nitrogen and oxygen atoms in total. The van der Waals surface area contributed by atoms with Crippen LogP contribution in [0.5, 0.6) is 0 Å². The van der Waals surface area contributed by atoms with Crippen molar-refractivity contribution in [2.75, 3.05) is 11.5 Å². The Morgan fingerprint density at radius 1 is 1.27 bits per heavy atom. The fourth-order valence-electron chi connectivity index (χ4n) is 1.22. The summed E-state index contributed by atoms with van der Waals surface area (Å²) in [6, 6.07) is 1.56. The zero-order chi connectivity index (χ0) is 10.8. The second-order valence-electron chi connectivity index (χ2n) is 2.99. The van der Waals surface area contributed by atoms with Gasteiger partial charge in [-0.1, -0.05) is 0 Å². The number of nitrogens with two attached hydrogens (primary N) is 2. The Morgan fingerprint density at radius 3 is 2.67 bits per heavy atom. The standard InChI is InChI=1S/C9H9N5O/c10-7-1-2-12-3-5(7)8(15)6-4-13-14-9(6)11/h1-4H,(H2,10,12)(H3,11,13,14). The summed E-state index contributed by atoms with van der Waals surface area (Å²) in [7, 11) is 0. The van der Waals surface area contributed by atoms with Crippen molar-refractivity contribution in [3.63, 3.8) is 0 Å². The van der Waals surface area contributed by atoms with Crippen LogP contribution in [0.3, 0.4) is 0 Å². The van der Waals surface area contributed by atoms with Gasteiger partial charge in [-0.3, -0.25) is 14.9 Å². The average molecular weight is 203 g/mol. The summed E-state index contributed by atoms with van der Waals surface area (Å²) in [5, 5.41) is 6.15. The van der Waals surface area contributed by atoms with Crippen molar-refractivity contribution in [3.05, 3.63) is 35.8 Å². The molecule has 0 atom stereocenters. The van der Waals surface area contributed by atoms with E-state index in [0.29, 0.717) is 16.8 Å². The number of aromatic amines is 1. The maximum Gasteiger partial charge on any atom is 0.201 e. The molecule has 0 spiro atoms. The maximum atomic E-state index is 11.9. The van der Waals surface area contributed by atoms with E-state index in [9.17, 15) is 4.79 Å². The molecule has 0 aliphatic heterocycles. The molecule has 2 heterocycles. The first-order valence-electron chi connectivity index (χ1n) is 4.23. The molecule has 0 aromatic carbocycles. The molecule has 0 saturated heterocycles. The summed E-state index contributed by atoms with van der Waals surface area (Å²) in [6.45, 7) is 0. The third kappa shape index (κ3) is 1.52. The average Bonchev–Trinajstić information content (AvgIpc) is 2.64. The van der Waals surface area contributed by atoms with Crippen LogP contribution in [0.2, 0.25) is 0 Å². The van der Waals surface area contributed by atoms with E-state index in [0.717, 1.165) is 0 Å². The van der Waals surface area contributed by atoms with Crippen LogP contribution in [0.4, 0.5) is 11.5 Å². The monoisotopic (exact) mass is 203 g/mol. The molecule has 2 aromatic heterocycles. The summed E-state index contributed by atoms with van der Waals surface area (Å²) in [6.07, 6.45) is 4.29. The molecular weight excluding hydrogens is 194 g/mol. The van der Waals surface area contributed by atoms with Crippen molar-refractivity contribution in [1.29, 1.82) is 0 Å². The van der Waals surface area contributed by atoms with Gasteiger partial charge in [-0.2, -0.15) is 5.10 Å². The number of ketones is 1. The third-order valence-electron chi connectivity index (χ3n) is 2.01. The molecule has 15 heavy (non-hydrogen) atoms.